The summed E-state index contributed by atoms with van der Waals surface area (Å²) in [5.41, 5.74) is 3.91. The number of anilines is 1. The number of aromatic amines is 1. The van der Waals surface area contributed by atoms with Gasteiger partial charge in [0, 0.05) is 18.7 Å². The fraction of sp³-hybridized carbons (Fsp3) is 0.389. The zero-order valence-electron chi connectivity index (χ0n) is 14.0. The van der Waals surface area contributed by atoms with Gasteiger partial charge in [-0.25, -0.2) is 15.0 Å². The number of H-pyrrole nitrogens is 1. The number of morpholine rings is 1. The first-order valence-electron chi connectivity index (χ1n) is 8.36. The third-order valence-electron chi connectivity index (χ3n) is 4.39. The van der Waals surface area contributed by atoms with Gasteiger partial charge >= 0.3 is 0 Å². The van der Waals surface area contributed by atoms with Crippen molar-refractivity contribution in [2.45, 2.75) is 19.8 Å². The second kappa shape index (κ2) is 6.20. The third kappa shape index (κ3) is 2.73. The van der Waals surface area contributed by atoms with E-state index in [0.29, 0.717) is 11.6 Å². The van der Waals surface area contributed by atoms with Crippen LogP contribution in [0.5, 0.6) is 0 Å². The molecule has 3 aromatic rings. The summed E-state index contributed by atoms with van der Waals surface area (Å²) < 4.78 is 5.46. The Morgan fingerprint density at radius 3 is 2.79 bits per heavy atom. The fourth-order valence-electron chi connectivity index (χ4n) is 2.99. The molecule has 0 unspecified atom stereocenters. The summed E-state index contributed by atoms with van der Waals surface area (Å²) in [7, 11) is 0. The zero-order chi connectivity index (χ0) is 16.5. The molecule has 0 atom stereocenters. The van der Waals surface area contributed by atoms with Gasteiger partial charge in [0.2, 0.25) is 0 Å². The van der Waals surface area contributed by atoms with Crippen LogP contribution < -0.4 is 4.90 Å². The van der Waals surface area contributed by atoms with Gasteiger partial charge in [0.05, 0.1) is 19.5 Å². The molecule has 0 radical (unpaired) electrons. The number of nitrogens with one attached hydrogen (secondary N) is 1. The molecule has 3 heterocycles. The first-order chi connectivity index (χ1) is 11.7. The number of benzene rings is 1. The molecule has 1 aromatic carbocycles. The number of nitrogens with zero attached hydrogens (tertiary/aromatic N) is 4. The molecule has 124 valence electrons. The summed E-state index contributed by atoms with van der Waals surface area (Å²) >= 11 is 0. The van der Waals surface area contributed by atoms with Crippen molar-refractivity contribution < 1.29 is 4.74 Å². The molecule has 2 aromatic heterocycles. The van der Waals surface area contributed by atoms with E-state index in [1.54, 1.807) is 6.33 Å². The largest absolute Gasteiger partial charge is 0.378 e. The maximum Gasteiger partial charge on any atom is 0.183 e. The van der Waals surface area contributed by atoms with E-state index in [9.17, 15) is 0 Å². The minimum Gasteiger partial charge on any atom is -0.378 e. The highest BCUT2D eigenvalue weighted by Gasteiger charge is 2.19. The van der Waals surface area contributed by atoms with E-state index in [0.717, 1.165) is 49.0 Å². The molecule has 6 heteroatoms. The minimum atomic E-state index is 0.470. The number of fused-ring (bicyclic) bond motifs is 1. The molecule has 0 aliphatic carbocycles. The molecule has 1 fully saturated rings. The van der Waals surface area contributed by atoms with Crippen molar-refractivity contribution in [1.29, 1.82) is 0 Å². The molecule has 4 rings (SSSR count). The third-order valence-corrected chi connectivity index (χ3v) is 4.39. The molecule has 6 nitrogen and oxygen atoms in total. The van der Waals surface area contributed by atoms with Crippen LogP contribution in [0.1, 0.15) is 25.3 Å². The molecule has 1 aliphatic rings. The topological polar surface area (TPSA) is 66.9 Å². The SMILES string of the molecule is CC(C)c1cccc(-c2nc(N3CCOCC3)c3[nH]cnc3n2)c1. The Bertz CT molecular complexity index is 851. The Hall–Kier alpha value is -2.47. The predicted octanol–water partition coefficient (Wildman–Crippen LogP) is 2.98. The summed E-state index contributed by atoms with van der Waals surface area (Å²) in [5, 5.41) is 0. The maximum atomic E-state index is 5.46. The highest BCUT2D eigenvalue weighted by molar-refractivity contribution is 5.85. The van der Waals surface area contributed by atoms with E-state index < -0.39 is 0 Å². The van der Waals surface area contributed by atoms with Crippen LogP contribution in [-0.4, -0.2) is 46.2 Å². The standard InChI is InChI=1S/C18H21N5O/c1-12(2)13-4-3-5-14(10-13)16-21-17-15(19-11-20-17)18(22-16)23-6-8-24-9-7-23/h3-5,10-12H,6-9H2,1-2H3,(H,19,20,21,22). The number of aromatic nitrogens is 4. The average molecular weight is 323 g/mol. The maximum absolute atomic E-state index is 5.46. The monoisotopic (exact) mass is 323 g/mol. The van der Waals surface area contributed by atoms with Gasteiger partial charge in [-0.05, 0) is 17.5 Å². The number of rotatable bonds is 3. The van der Waals surface area contributed by atoms with Crippen molar-refractivity contribution in [3.63, 3.8) is 0 Å². The summed E-state index contributed by atoms with van der Waals surface area (Å²) in [4.78, 5) is 19.3. The first-order valence-corrected chi connectivity index (χ1v) is 8.36. The van der Waals surface area contributed by atoms with Crippen LogP contribution in [0.3, 0.4) is 0 Å². The number of hydrogen-bond acceptors (Lipinski definition) is 5. The van der Waals surface area contributed by atoms with Crippen LogP contribution in [0.25, 0.3) is 22.6 Å². The predicted molar refractivity (Wildman–Crippen MR) is 94.2 cm³/mol. The molecule has 24 heavy (non-hydrogen) atoms. The lowest BCUT2D eigenvalue weighted by molar-refractivity contribution is 0.122. The fourth-order valence-corrected chi connectivity index (χ4v) is 2.99. The lowest BCUT2D eigenvalue weighted by atomic mass is 10.0. The van der Waals surface area contributed by atoms with Crippen LogP contribution in [0.4, 0.5) is 5.82 Å². The van der Waals surface area contributed by atoms with E-state index in [-0.39, 0.29) is 0 Å². The minimum absolute atomic E-state index is 0.470. The highest BCUT2D eigenvalue weighted by Crippen LogP contribution is 2.27. The summed E-state index contributed by atoms with van der Waals surface area (Å²) in [6.45, 7) is 7.48. The van der Waals surface area contributed by atoms with Gasteiger partial charge in [-0.2, -0.15) is 0 Å². The molecule has 0 saturated carbocycles. The molecule has 0 bridgehead atoms. The van der Waals surface area contributed by atoms with E-state index in [1.807, 2.05) is 0 Å². The van der Waals surface area contributed by atoms with E-state index in [2.05, 4.69) is 58.0 Å². The normalized spacial score (nSPS) is 15.4. The highest BCUT2D eigenvalue weighted by atomic mass is 16.5. The van der Waals surface area contributed by atoms with Crippen molar-refractivity contribution in [1.82, 2.24) is 19.9 Å². The van der Waals surface area contributed by atoms with Gasteiger partial charge in [0.1, 0.15) is 5.52 Å². The number of ether oxygens (including phenoxy) is 1. The van der Waals surface area contributed by atoms with Gasteiger partial charge in [-0.3, -0.25) is 0 Å². The Morgan fingerprint density at radius 2 is 2.00 bits per heavy atom. The van der Waals surface area contributed by atoms with Crippen LogP contribution in [0.15, 0.2) is 30.6 Å². The lowest BCUT2D eigenvalue weighted by Crippen LogP contribution is -2.37. The van der Waals surface area contributed by atoms with Gasteiger partial charge in [0.15, 0.2) is 17.3 Å². The average Bonchev–Trinajstić information content (AvgIpc) is 3.10. The molecular weight excluding hydrogens is 302 g/mol. The van der Waals surface area contributed by atoms with Crippen LogP contribution in [0.2, 0.25) is 0 Å². The van der Waals surface area contributed by atoms with Gasteiger partial charge in [-0.1, -0.05) is 32.0 Å². The molecular formula is C18H21N5O. The van der Waals surface area contributed by atoms with Crippen LogP contribution in [-0.2, 0) is 4.74 Å². The lowest BCUT2D eigenvalue weighted by Gasteiger charge is -2.28. The first kappa shape index (κ1) is 15.1. The summed E-state index contributed by atoms with van der Waals surface area (Å²) in [6.07, 6.45) is 1.68. The van der Waals surface area contributed by atoms with E-state index in [1.165, 1.54) is 5.56 Å². The molecule has 1 N–H and O–H groups in total. The van der Waals surface area contributed by atoms with Gasteiger partial charge < -0.3 is 14.6 Å². The molecule has 0 spiro atoms. The second-order valence-electron chi connectivity index (χ2n) is 6.35. The van der Waals surface area contributed by atoms with Gasteiger partial charge in [-0.15, -0.1) is 0 Å². The van der Waals surface area contributed by atoms with Crippen LogP contribution in [0, 0.1) is 0 Å². The smallest absolute Gasteiger partial charge is 0.183 e. The zero-order valence-corrected chi connectivity index (χ0v) is 14.0. The number of hydrogen-bond donors (Lipinski definition) is 1. The molecule has 0 amide bonds. The van der Waals surface area contributed by atoms with Crippen molar-refractivity contribution in [2.75, 3.05) is 31.2 Å². The van der Waals surface area contributed by atoms with Gasteiger partial charge in [0.25, 0.3) is 0 Å². The van der Waals surface area contributed by atoms with Crippen molar-refractivity contribution >= 4 is 17.0 Å². The number of imidazole rings is 1. The Balaban J connectivity index is 1.82. The molecule has 1 aliphatic heterocycles. The van der Waals surface area contributed by atoms with E-state index >= 15 is 0 Å². The quantitative estimate of drug-likeness (QED) is 0.802. The van der Waals surface area contributed by atoms with E-state index in [4.69, 9.17) is 9.72 Å². The van der Waals surface area contributed by atoms with Crippen LogP contribution >= 0.6 is 0 Å². The van der Waals surface area contributed by atoms with Crippen molar-refractivity contribution in [3.05, 3.63) is 36.2 Å². The van der Waals surface area contributed by atoms with Crippen molar-refractivity contribution in [2.24, 2.45) is 0 Å². The Kier molecular flexibility index (Phi) is 3.90. The summed E-state index contributed by atoms with van der Waals surface area (Å²) in [5.74, 6) is 2.10. The summed E-state index contributed by atoms with van der Waals surface area (Å²) in [6, 6.07) is 8.44. The molecule has 1 saturated heterocycles. The Morgan fingerprint density at radius 1 is 1.17 bits per heavy atom. The van der Waals surface area contributed by atoms with Crippen molar-refractivity contribution in [3.8, 4) is 11.4 Å². The second-order valence-corrected chi connectivity index (χ2v) is 6.35. The Labute approximate surface area is 140 Å².